The van der Waals surface area contributed by atoms with E-state index >= 15 is 0 Å². The average molecular weight is 720 g/mol. The molecule has 15 nitrogen and oxygen atoms in total. The Morgan fingerprint density at radius 2 is 1.52 bits per heavy atom. The molecule has 0 aromatic heterocycles. The van der Waals surface area contributed by atoms with Gasteiger partial charge in [-0.25, -0.2) is 15.6 Å². The van der Waals surface area contributed by atoms with Crippen LogP contribution in [0.15, 0.2) is 24.3 Å². The first-order chi connectivity index (χ1) is 24.1. The van der Waals surface area contributed by atoms with E-state index < -0.39 is 17.9 Å². The number of carbonyl (C=O) groups is 5. The van der Waals surface area contributed by atoms with Crippen molar-refractivity contribution in [3.8, 4) is 0 Å². The Morgan fingerprint density at radius 3 is 2.16 bits per heavy atom. The van der Waals surface area contributed by atoms with Crippen LogP contribution in [-0.2, 0) is 34.3 Å². The zero-order chi connectivity index (χ0) is 35.8. The van der Waals surface area contributed by atoms with Crippen LogP contribution in [0.3, 0.4) is 0 Å². The maximum atomic E-state index is 12.7. The maximum absolute atomic E-state index is 12.7. The highest BCUT2D eigenvalue weighted by Gasteiger charge is 2.42. The fraction of sp³-hybridized carbons (Fsp3) is 0.676. The molecule has 278 valence electrons. The van der Waals surface area contributed by atoms with E-state index in [1.807, 2.05) is 30.8 Å². The number of hydrogen-bond acceptors (Lipinski definition) is 11. The normalized spacial score (nSPS) is 20.7. The largest absolute Gasteiger partial charge is 0.379 e. The molecule has 3 aliphatic heterocycles. The SMILES string of the molecule is CC(=O)C[C@@H](NC(=O)c1ccc(C2(C)NN2)cc1)C(=O)NCCCOCCOCCOCCCNC(=O)CCCC[C@@H]1SC[C@@H]2NC(=O)N[C@@H]21. The van der Waals surface area contributed by atoms with E-state index in [0.717, 1.165) is 37.0 Å². The van der Waals surface area contributed by atoms with Crippen molar-refractivity contribution < 1.29 is 38.2 Å². The molecule has 7 N–H and O–H groups in total. The highest BCUT2D eigenvalue weighted by molar-refractivity contribution is 8.00. The molecule has 1 aromatic carbocycles. The first kappa shape index (κ1) is 39.5. The second kappa shape index (κ2) is 20.5. The second-order valence-corrected chi connectivity index (χ2v) is 14.2. The number of carbonyl (C=O) groups excluding carboxylic acids is 5. The van der Waals surface area contributed by atoms with Crippen molar-refractivity contribution in [2.75, 3.05) is 58.5 Å². The lowest BCUT2D eigenvalue weighted by Crippen LogP contribution is -2.48. The molecule has 50 heavy (non-hydrogen) atoms. The van der Waals surface area contributed by atoms with Gasteiger partial charge >= 0.3 is 6.03 Å². The summed E-state index contributed by atoms with van der Waals surface area (Å²) in [5, 5.41) is 14.8. The zero-order valence-electron chi connectivity index (χ0n) is 29.1. The molecule has 3 saturated heterocycles. The van der Waals surface area contributed by atoms with E-state index in [4.69, 9.17) is 14.2 Å². The van der Waals surface area contributed by atoms with Crippen molar-refractivity contribution in [1.82, 2.24) is 37.4 Å². The Kier molecular flexibility index (Phi) is 16.2. The molecule has 5 amide bonds. The van der Waals surface area contributed by atoms with Gasteiger partial charge in [-0.1, -0.05) is 18.6 Å². The molecule has 3 fully saturated rings. The Bertz CT molecular complexity index is 1280. The third kappa shape index (κ3) is 13.5. The number of rotatable bonds is 25. The van der Waals surface area contributed by atoms with Gasteiger partial charge in [0.15, 0.2) is 0 Å². The van der Waals surface area contributed by atoms with Crippen LogP contribution in [0, 0.1) is 0 Å². The van der Waals surface area contributed by atoms with Crippen molar-refractivity contribution >= 4 is 41.3 Å². The monoisotopic (exact) mass is 719 g/mol. The van der Waals surface area contributed by atoms with Gasteiger partial charge in [0.05, 0.1) is 38.5 Å². The van der Waals surface area contributed by atoms with Crippen LogP contribution in [0.4, 0.5) is 4.79 Å². The van der Waals surface area contributed by atoms with Crippen LogP contribution in [0.2, 0.25) is 0 Å². The quantitative estimate of drug-likeness (QED) is 0.0427. The predicted molar refractivity (Wildman–Crippen MR) is 188 cm³/mol. The predicted octanol–water partition coefficient (Wildman–Crippen LogP) is 0.833. The number of urea groups is 1. The minimum absolute atomic E-state index is 0.0566. The molecule has 0 saturated carbocycles. The highest BCUT2D eigenvalue weighted by Crippen LogP contribution is 2.33. The van der Waals surface area contributed by atoms with Gasteiger partial charge < -0.3 is 40.8 Å². The summed E-state index contributed by atoms with van der Waals surface area (Å²) in [6, 6.07) is 6.45. The number of hydrogen-bond donors (Lipinski definition) is 7. The van der Waals surface area contributed by atoms with Gasteiger partial charge in [-0.15, -0.1) is 0 Å². The summed E-state index contributed by atoms with van der Waals surface area (Å²) in [6.07, 6.45) is 4.51. The standard InChI is InChI=1S/C34H53N7O8S/c1-23(42)21-26(37-31(44)24-9-11-25(12-10-24)34(2)40-41-34)32(45)36-14-6-16-48-18-20-49-19-17-47-15-5-13-35-29(43)8-4-3-7-28-30-27(22-50-28)38-33(46)39-30/h9-12,26-28,30,40-41H,3-8,13-22H2,1-2H3,(H,35,43)(H,36,45)(H,37,44)(H2,38,39,46)/t26-,27+,28+,30+/m1/s1. The number of nitrogens with one attached hydrogen (secondary N) is 7. The molecular weight excluding hydrogens is 666 g/mol. The summed E-state index contributed by atoms with van der Waals surface area (Å²) < 4.78 is 16.6. The minimum atomic E-state index is -0.966. The fourth-order valence-corrected chi connectivity index (χ4v) is 7.29. The van der Waals surface area contributed by atoms with E-state index in [1.165, 1.54) is 6.92 Å². The minimum Gasteiger partial charge on any atom is -0.379 e. The lowest BCUT2D eigenvalue weighted by atomic mass is 10.0. The van der Waals surface area contributed by atoms with E-state index in [9.17, 15) is 24.0 Å². The Hall–Kier alpha value is -3.28. The zero-order valence-corrected chi connectivity index (χ0v) is 29.9. The van der Waals surface area contributed by atoms with Crippen LogP contribution in [0.5, 0.6) is 0 Å². The van der Waals surface area contributed by atoms with Crippen LogP contribution < -0.4 is 37.4 Å². The summed E-state index contributed by atoms with van der Waals surface area (Å²) in [4.78, 5) is 60.8. The third-order valence-electron chi connectivity index (χ3n) is 8.71. The van der Waals surface area contributed by atoms with Crippen LogP contribution in [-0.4, -0.2) is 111 Å². The first-order valence-corrected chi connectivity index (χ1v) is 18.6. The van der Waals surface area contributed by atoms with Crippen LogP contribution >= 0.6 is 11.8 Å². The molecule has 1 aromatic rings. The van der Waals surface area contributed by atoms with E-state index in [-0.39, 0.29) is 41.9 Å². The van der Waals surface area contributed by atoms with Crippen molar-refractivity contribution in [2.45, 2.75) is 87.8 Å². The molecule has 16 heteroatoms. The molecular formula is C34H53N7O8S. The van der Waals surface area contributed by atoms with Gasteiger partial charge in [0.2, 0.25) is 11.8 Å². The molecule has 0 radical (unpaired) electrons. The molecule has 3 aliphatic rings. The molecule has 0 aliphatic carbocycles. The van der Waals surface area contributed by atoms with Crippen molar-refractivity contribution in [2.24, 2.45) is 0 Å². The molecule has 4 atom stereocenters. The van der Waals surface area contributed by atoms with Crippen LogP contribution in [0.1, 0.15) is 74.7 Å². The lowest BCUT2D eigenvalue weighted by Gasteiger charge is -2.18. The average Bonchev–Trinajstić information content (AvgIpc) is 3.58. The number of benzene rings is 1. The highest BCUT2D eigenvalue weighted by atomic mass is 32.2. The number of Topliss-reactive ketones (excluding diaryl/α,β-unsaturated/α-hetero) is 1. The summed E-state index contributed by atoms with van der Waals surface area (Å²) in [6.45, 7) is 6.94. The maximum Gasteiger partial charge on any atom is 0.315 e. The lowest BCUT2D eigenvalue weighted by molar-refractivity contribution is -0.126. The number of ketones is 1. The summed E-state index contributed by atoms with van der Waals surface area (Å²) in [5.74, 6) is -0.0347. The molecule has 0 bridgehead atoms. The number of thioether (sulfide) groups is 1. The number of unbranched alkanes of at least 4 members (excludes halogenated alkanes) is 1. The van der Waals surface area contributed by atoms with Gasteiger partial charge in [-0.2, -0.15) is 11.8 Å². The Labute approximate surface area is 298 Å². The van der Waals surface area contributed by atoms with Crippen molar-refractivity contribution in [1.29, 1.82) is 0 Å². The smallest absolute Gasteiger partial charge is 0.315 e. The fourth-order valence-electron chi connectivity index (χ4n) is 5.75. The van der Waals surface area contributed by atoms with E-state index in [1.54, 1.807) is 12.1 Å². The summed E-state index contributed by atoms with van der Waals surface area (Å²) in [7, 11) is 0. The molecule has 0 spiro atoms. The van der Waals surface area contributed by atoms with Gasteiger partial charge in [0.25, 0.3) is 5.91 Å². The third-order valence-corrected chi connectivity index (χ3v) is 10.2. The number of amides is 5. The molecule has 3 heterocycles. The van der Waals surface area contributed by atoms with Crippen molar-refractivity contribution in [3.05, 3.63) is 35.4 Å². The van der Waals surface area contributed by atoms with E-state index in [2.05, 4.69) is 37.4 Å². The van der Waals surface area contributed by atoms with Gasteiger partial charge in [-0.05, 0) is 57.2 Å². The van der Waals surface area contributed by atoms with Gasteiger partial charge in [0.1, 0.15) is 17.5 Å². The topological polar surface area (TPSA) is 217 Å². The Morgan fingerprint density at radius 1 is 0.880 bits per heavy atom. The summed E-state index contributed by atoms with van der Waals surface area (Å²) in [5.41, 5.74) is 7.16. The van der Waals surface area contributed by atoms with E-state index in [0.29, 0.717) is 76.4 Å². The summed E-state index contributed by atoms with van der Waals surface area (Å²) >= 11 is 1.90. The Balaban J connectivity index is 0.914. The first-order valence-electron chi connectivity index (χ1n) is 17.6. The van der Waals surface area contributed by atoms with Crippen LogP contribution in [0.25, 0.3) is 0 Å². The number of fused-ring (bicyclic) bond motifs is 1. The molecule has 4 rings (SSSR count). The van der Waals surface area contributed by atoms with Gasteiger partial charge in [-0.3, -0.25) is 19.2 Å². The van der Waals surface area contributed by atoms with Gasteiger partial charge in [0, 0.05) is 55.7 Å². The number of hydrazine groups is 1. The molecule has 0 unspecified atom stereocenters. The number of ether oxygens (including phenoxy) is 3. The van der Waals surface area contributed by atoms with Crippen molar-refractivity contribution in [3.63, 3.8) is 0 Å². The second-order valence-electron chi connectivity index (χ2n) is 12.9.